The fraction of sp³-hybridized carbons (Fsp3) is 0.143. The average Bonchev–Trinajstić information content (AvgIpc) is 3.42. The number of aromatic nitrogens is 3. The zero-order chi connectivity index (χ0) is 20.8. The molecule has 0 saturated carbocycles. The van der Waals surface area contributed by atoms with E-state index in [-0.39, 0.29) is 18.1 Å². The third-order valence-electron chi connectivity index (χ3n) is 4.11. The summed E-state index contributed by atoms with van der Waals surface area (Å²) in [6.45, 7) is 0. The predicted octanol–water partition coefficient (Wildman–Crippen LogP) is 5.20. The molecule has 1 amide bonds. The Bertz CT molecular complexity index is 1110. The van der Waals surface area contributed by atoms with Crippen molar-refractivity contribution in [2.24, 2.45) is 0 Å². The molecular formula is C21H17FN4O2S2. The topological polar surface area (TPSA) is 80.9 Å². The molecule has 4 aromatic rings. The van der Waals surface area contributed by atoms with Gasteiger partial charge in [-0.15, -0.1) is 10.2 Å². The molecule has 2 heterocycles. The number of hydrogen-bond acceptors (Lipinski definition) is 7. The summed E-state index contributed by atoms with van der Waals surface area (Å²) in [5.74, 6) is 1.28. The molecule has 6 nitrogen and oxygen atoms in total. The monoisotopic (exact) mass is 440 g/mol. The van der Waals surface area contributed by atoms with E-state index in [2.05, 4.69) is 32.6 Å². The summed E-state index contributed by atoms with van der Waals surface area (Å²) in [6, 6.07) is 16.1. The largest absolute Gasteiger partial charge is 0.441 e. The Morgan fingerprint density at radius 3 is 2.70 bits per heavy atom. The molecule has 0 aliphatic heterocycles. The van der Waals surface area contributed by atoms with E-state index in [1.165, 1.54) is 29.0 Å². The van der Waals surface area contributed by atoms with E-state index in [4.69, 9.17) is 4.42 Å². The molecule has 2 aromatic carbocycles. The smallest absolute Gasteiger partial charge is 0.226 e. The lowest BCUT2D eigenvalue weighted by atomic mass is 10.2. The number of nitrogens with zero attached hydrogens (tertiary/aromatic N) is 3. The Morgan fingerprint density at radius 2 is 1.90 bits per heavy atom. The second kappa shape index (κ2) is 9.64. The first-order chi connectivity index (χ1) is 14.7. The van der Waals surface area contributed by atoms with Gasteiger partial charge in [0.1, 0.15) is 5.82 Å². The number of carbonyl (C=O) groups excluding carboxylic acids is 1. The van der Waals surface area contributed by atoms with Crippen molar-refractivity contribution in [3.8, 4) is 11.3 Å². The van der Waals surface area contributed by atoms with Crippen molar-refractivity contribution in [1.82, 2.24) is 15.2 Å². The fourth-order valence-electron chi connectivity index (χ4n) is 2.61. The highest BCUT2D eigenvalue weighted by atomic mass is 32.2. The number of rotatable bonds is 8. The van der Waals surface area contributed by atoms with Crippen LogP contribution in [0.1, 0.15) is 17.9 Å². The molecule has 0 spiro atoms. The van der Waals surface area contributed by atoms with Crippen molar-refractivity contribution < 1.29 is 13.6 Å². The van der Waals surface area contributed by atoms with Crippen LogP contribution in [-0.4, -0.2) is 21.1 Å². The minimum atomic E-state index is -0.312. The molecule has 9 heteroatoms. The third kappa shape index (κ3) is 5.52. The number of oxazole rings is 1. The molecule has 0 bridgehead atoms. The van der Waals surface area contributed by atoms with Gasteiger partial charge in [0.2, 0.25) is 11.0 Å². The number of aryl methyl sites for hydroxylation is 1. The number of hydrogen-bond donors (Lipinski definition) is 1. The van der Waals surface area contributed by atoms with Crippen LogP contribution in [0.5, 0.6) is 0 Å². The maximum atomic E-state index is 13.0. The van der Waals surface area contributed by atoms with Gasteiger partial charge in [-0.1, -0.05) is 53.4 Å². The molecule has 30 heavy (non-hydrogen) atoms. The highest BCUT2D eigenvalue weighted by Crippen LogP contribution is 2.28. The van der Waals surface area contributed by atoms with Crippen LogP contribution in [0.3, 0.4) is 0 Å². The number of benzene rings is 2. The lowest BCUT2D eigenvalue weighted by molar-refractivity contribution is -0.116. The second-order valence-electron chi connectivity index (χ2n) is 6.32. The summed E-state index contributed by atoms with van der Waals surface area (Å²) in [5, 5.41) is 11.3. The lowest BCUT2D eigenvalue weighted by Crippen LogP contribution is -2.12. The van der Waals surface area contributed by atoms with Crippen LogP contribution in [0.2, 0.25) is 0 Å². The van der Waals surface area contributed by atoms with Gasteiger partial charge in [-0.3, -0.25) is 4.79 Å². The molecule has 1 N–H and O–H groups in total. The second-order valence-corrected chi connectivity index (χ2v) is 8.52. The Labute approximate surface area is 180 Å². The standard InChI is InChI=1S/C21H17FN4O2S2/c22-16-8-6-15(7-9-16)17-12-23-19(28-17)11-10-18(27)24-20-25-26-21(30-20)29-13-14-4-2-1-3-5-14/h1-9,12H,10-11,13H2,(H,24,25,27). The van der Waals surface area contributed by atoms with Crippen LogP contribution in [0.25, 0.3) is 11.3 Å². The maximum Gasteiger partial charge on any atom is 0.226 e. The van der Waals surface area contributed by atoms with Crippen molar-refractivity contribution in [2.45, 2.75) is 22.9 Å². The number of thioether (sulfide) groups is 1. The van der Waals surface area contributed by atoms with E-state index >= 15 is 0 Å². The zero-order valence-electron chi connectivity index (χ0n) is 15.7. The number of nitrogens with one attached hydrogen (secondary N) is 1. The Kier molecular flexibility index (Phi) is 6.50. The minimum Gasteiger partial charge on any atom is -0.441 e. The molecule has 0 radical (unpaired) electrons. The van der Waals surface area contributed by atoms with Gasteiger partial charge in [0, 0.05) is 24.2 Å². The van der Waals surface area contributed by atoms with Gasteiger partial charge in [-0.2, -0.15) is 0 Å². The molecule has 0 aliphatic carbocycles. The Hall–Kier alpha value is -3.04. The summed E-state index contributed by atoms with van der Waals surface area (Å²) in [5.41, 5.74) is 1.93. The highest BCUT2D eigenvalue weighted by Gasteiger charge is 2.12. The van der Waals surface area contributed by atoms with E-state index in [0.29, 0.717) is 23.2 Å². The first kappa shape index (κ1) is 20.2. The van der Waals surface area contributed by atoms with Crippen LogP contribution in [0.4, 0.5) is 9.52 Å². The third-order valence-corrected chi connectivity index (χ3v) is 6.15. The average molecular weight is 441 g/mol. The van der Waals surface area contributed by atoms with Crippen molar-refractivity contribution in [3.63, 3.8) is 0 Å². The van der Waals surface area contributed by atoms with Crippen molar-refractivity contribution >= 4 is 34.1 Å². The number of halogens is 1. The highest BCUT2D eigenvalue weighted by molar-refractivity contribution is 8.00. The van der Waals surface area contributed by atoms with Gasteiger partial charge in [0.25, 0.3) is 0 Å². The summed E-state index contributed by atoms with van der Waals surface area (Å²) in [4.78, 5) is 16.4. The molecule has 4 rings (SSSR count). The van der Waals surface area contributed by atoms with Gasteiger partial charge >= 0.3 is 0 Å². The van der Waals surface area contributed by atoms with E-state index in [0.717, 1.165) is 15.7 Å². The minimum absolute atomic E-state index is 0.188. The van der Waals surface area contributed by atoms with Crippen LogP contribution < -0.4 is 5.32 Å². The molecule has 0 saturated heterocycles. The SMILES string of the molecule is O=C(CCc1ncc(-c2ccc(F)cc2)o1)Nc1nnc(SCc2ccccc2)s1. The first-order valence-electron chi connectivity index (χ1n) is 9.16. The van der Waals surface area contributed by atoms with Crippen molar-refractivity contribution in [1.29, 1.82) is 0 Å². The number of anilines is 1. The van der Waals surface area contributed by atoms with Crippen LogP contribution in [0.15, 0.2) is 69.6 Å². The number of amides is 1. The maximum absolute atomic E-state index is 13.0. The summed E-state index contributed by atoms with van der Waals surface area (Å²) in [6.07, 6.45) is 2.12. The fourth-order valence-corrected chi connectivity index (χ4v) is 4.34. The zero-order valence-corrected chi connectivity index (χ0v) is 17.4. The Morgan fingerprint density at radius 1 is 1.10 bits per heavy atom. The molecule has 2 aromatic heterocycles. The molecule has 0 atom stereocenters. The molecule has 152 valence electrons. The lowest BCUT2D eigenvalue weighted by Gasteiger charge is -1.99. The van der Waals surface area contributed by atoms with E-state index in [1.807, 2.05) is 18.2 Å². The van der Waals surface area contributed by atoms with Gasteiger partial charge in [-0.25, -0.2) is 9.37 Å². The van der Waals surface area contributed by atoms with E-state index in [9.17, 15) is 9.18 Å². The van der Waals surface area contributed by atoms with Crippen LogP contribution in [-0.2, 0) is 17.0 Å². The molecule has 0 fully saturated rings. The van der Waals surface area contributed by atoms with Crippen molar-refractivity contribution in [3.05, 3.63) is 78.1 Å². The van der Waals surface area contributed by atoms with E-state index in [1.54, 1.807) is 30.1 Å². The van der Waals surface area contributed by atoms with Gasteiger partial charge in [0.05, 0.1) is 6.20 Å². The number of carbonyl (C=O) groups is 1. The van der Waals surface area contributed by atoms with E-state index < -0.39 is 0 Å². The van der Waals surface area contributed by atoms with Gasteiger partial charge < -0.3 is 9.73 Å². The summed E-state index contributed by atoms with van der Waals surface area (Å²) < 4.78 is 19.5. The van der Waals surface area contributed by atoms with Crippen LogP contribution in [0, 0.1) is 5.82 Å². The van der Waals surface area contributed by atoms with Crippen molar-refractivity contribution in [2.75, 3.05) is 5.32 Å². The molecular weight excluding hydrogens is 423 g/mol. The Balaban J connectivity index is 1.25. The quantitative estimate of drug-likeness (QED) is 0.300. The van der Waals surface area contributed by atoms with Crippen LogP contribution >= 0.6 is 23.1 Å². The summed E-state index contributed by atoms with van der Waals surface area (Å²) in [7, 11) is 0. The first-order valence-corrected chi connectivity index (χ1v) is 11.0. The predicted molar refractivity (Wildman–Crippen MR) is 115 cm³/mol. The van der Waals surface area contributed by atoms with Gasteiger partial charge in [0.15, 0.2) is 16.0 Å². The molecule has 0 aliphatic rings. The molecule has 0 unspecified atom stereocenters. The summed E-state index contributed by atoms with van der Waals surface area (Å²) >= 11 is 2.92. The normalized spacial score (nSPS) is 10.8. The van der Waals surface area contributed by atoms with Gasteiger partial charge in [-0.05, 0) is 29.8 Å².